The molecule has 0 unspecified atom stereocenters. The van der Waals surface area contributed by atoms with Crippen LogP contribution < -0.4 is 0 Å². The molecule has 0 saturated carbocycles. The average molecular weight is 268 g/mol. The van der Waals surface area contributed by atoms with Gasteiger partial charge < -0.3 is 10.2 Å². The minimum Gasteiger partial charge on any atom is -0.508 e. The number of aromatic hydroxyl groups is 2. The van der Waals surface area contributed by atoms with Crippen LogP contribution in [0.5, 0.6) is 11.5 Å². The van der Waals surface area contributed by atoms with E-state index >= 15 is 0 Å². The largest absolute Gasteiger partial charge is 0.508 e. The predicted molar refractivity (Wildman–Crippen MR) is 78.6 cm³/mol. The van der Waals surface area contributed by atoms with E-state index in [0.29, 0.717) is 5.57 Å². The lowest BCUT2D eigenvalue weighted by Gasteiger charge is -2.07. The Bertz CT molecular complexity index is 622. The number of phenolic OH excluding ortho intramolecular Hbond substituents is 2. The number of hydrogen-bond donors (Lipinski definition) is 2. The van der Waals surface area contributed by atoms with Gasteiger partial charge in [0.05, 0.1) is 0 Å². The van der Waals surface area contributed by atoms with Crippen molar-refractivity contribution in [1.29, 1.82) is 0 Å². The second kappa shape index (κ2) is 6.06. The molecule has 0 fully saturated rings. The van der Waals surface area contributed by atoms with E-state index in [1.54, 1.807) is 54.6 Å². The molecular weight excluding hydrogens is 252 g/mol. The fourth-order valence-electron chi connectivity index (χ4n) is 2.02. The van der Waals surface area contributed by atoms with Crippen LogP contribution in [0.3, 0.4) is 0 Å². The third kappa shape index (κ3) is 3.26. The highest BCUT2D eigenvalue weighted by atomic mass is 16.3. The SMILES string of the molecule is CC=C(C(=O)Cc1ccc(O)cc1)c1ccc(O)cc1. The van der Waals surface area contributed by atoms with E-state index in [0.717, 1.165) is 11.1 Å². The van der Waals surface area contributed by atoms with E-state index in [2.05, 4.69) is 0 Å². The highest BCUT2D eigenvalue weighted by Crippen LogP contribution is 2.21. The zero-order valence-corrected chi connectivity index (χ0v) is 11.2. The van der Waals surface area contributed by atoms with Crippen molar-refractivity contribution in [2.75, 3.05) is 0 Å². The summed E-state index contributed by atoms with van der Waals surface area (Å²) in [6, 6.07) is 13.2. The van der Waals surface area contributed by atoms with Crippen molar-refractivity contribution >= 4 is 11.4 Å². The summed E-state index contributed by atoms with van der Waals surface area (Å²) in [5.74, 6) is 0.366. The van der Waals surface area contributed by atoms with Crippen LogP contribution in [-0.4, -0.2) is 16.0 Å². The van der Waals surface area contributed by atoms with Gasteiger partial charge in [-0.2, -0.15) is 0 Å². The van der Waals surface area contributed by atoms with Gasteiger partial charge in [-0.25, -0.2) is 0 Å². The Balaban J connectivity index is 2.18. The highest BCUT2D eigenvalue weighted by Gasteiger charge is 2.12. The Hall–Kier alpha value is -2.55. The van der Waals surface area contributed by atoms with E-state index in [1.165, 1.54) is 0 Å². The van der Waals surface area contributed by atoms with E-state index in [1.807, 2.05) is 6.92 Å². The first-order valence-electron chi connectivity index (χ1n) is 6.37. The number of carbonyl (C=O) groups is 1. The highest BCUT2D eigenvalue weighted by molar-refractivity contribution is 6.21. The van der Waals surface area contributed by atoms with Crippen molar-refractivity contribution in [3.63, 3.8) is 0 Å². The van der Waals surface area contributed by atoms with Gasteiger partial charge >= 0.3 is 0 Å². The number of allylic oxidation sites excluding steroid dienone is 2. The first-order valence-corrected chi connectivity index (χ1v) is 6.37. The van der Waals surface area contributed by atoms with Crippen LogP contribution in [0.1, 0.15) is 18.1 Å². The van der Waals surface area contributed by atoms with Crippen LogP contribution in [0, 0.1) is 0 Å². The molecule has 0 aliphatic rings. The van der Waals surface area contributed by atoms with E-state index in [-0.39, 0.29) is 23.7 Å². The molecular formula is C17H16O3. The van der Waals surface area contributed by atoms with E-state index in [9.17, 15) is 15.0 Å². The molecule has 0 saturated heterocycles. The topological polar surface area (TPSA) is 57.5 Å². The van der Waals surface area contributed by atoms with Crippen LogP contribution in [0.25, 0.3) is 5.57 Å². The van der Waals surface area contributed by atoms with Gasteiger partial charge in [0.1, 0.15) is 11.5 Å². The lowest BCUT2D eigenvalue weighted by atomic mass is 9.97. The monoisotopic (exact) mass is 268 g/mol. The van der Waals surface area contributed by atoms with Gasteiger partial charge in [-0.3, -0.25) is 4.79 Å². The van der Waals surface area contributed by atoms with Crippen molar-refractivity contribution in [3.05, 3.63) is 65.7 Å². The summed E-state index contributed by atoms with van der Waals surface area (Å²) >= 11 is 0. The summed E-state index contributed by atoms with van der Waals surface area (Å²) in [6.45, 7) is 1.82. The molecule has 2 rings (SSSR count). The summed E-state index contributed by atoms with van der Waals surface area (Å²) in [6.07, 6.45) is 2.05. The fourth-order valence-corrected chi connectivity index (χ4v) is 2.02. The minimum atomic E-state index is 0.00359. The third-order valence-electron chi connectivity index (χ3n) is 3.07. The molecule has 0 aliphatic heterocycles. The third-order valence-corrected chi connectivity index (χ3v) is 3.07. The van der Waals surface area contributed by atoms with Crippen molar-refractivity contribution < 1.29 is 15.0 Å². The Morgan fingerprint density at radius 2 is 1.45 bits per heavy atom. The second-order valence-electron chi connectivity index (χ2n) is 4.52. The van der Waals surface area contributed by atoms with Gasteiger partial charge in [0.25, 0.3) is 0 Å². The lowest BCUT2D eigenvalue weighted by Crippen LogP contribution is -2.05. The number of carbonyl (C=O) groups excluding carboxylic acids is 1. The first-order chi connectivity index (χ1) is 9.60. The summed E-state index contributed by atoms with van der Waals surface area (Å²) in [5, 5.41) is 18.5. The van der Waals surface area contributed by atoms with Gasteiger partial charge in [0.15, 0.2) is 5.78 Å². The number of hydrogen-bond acceptors (Lipinski definition) is 3. The van der Waals surface area contributed by atoms with Gasteiger partial charge in [-0.05, 0) is 42.3 Å². The van der Waals surface area contributed by atoms with Crippen molar-refractivity contribution in [2.45, 2.75) is 13.3 Å². The number of ketones is 1. The molecule has 0 heterocycles. The van der Waals surface area contributed by atoms with Crippen LogP contribution in [-0.2, 0) is 11.2 Å². The fraction of sp³-hybridized carbons (Fsp3) is 0.118. The molecule has 0 atom stereocenters. The van der Waals surface area contributed by atoms with Gasteiger partial charge in [-0.15, -0.1) is 0 Å². The van der Waals surface area contributed by atoms with Gasteiger partial charge in [0, 0.05) is 12.0 Å². The molecule has 0 bridgehead atoms. The Morgan fingerprint density at radius 3 is 1.95 bits per heavy atom. The van der Waals surface area contributed by atoms with Crippen LogP contribution in [0.2, 0.25) is 0 Å². The maximum atomic E-state index is 12.3. The Labute approximate surface area is 117 Å². The van der Waals surface area contributed by atoms with Gasteiger partial charge in [0.2, 0.25) is 0 Å². The molecule has 20 heavy (non-hydrogen) atoms. The van der Waals surface area contributed by atoms with Crippen LogP contribution in [0.15, 0.2) is 54.6 Å². The molecule has 2 aromatic carbocycles. The summed E-state index contributed by atoms with van der Waals surface area (Å²) in [7, 11) is 0. The summed E-state index contributed by atoms with van der Waals surface area (Å²) < 4.78 is 0. The maximum absolute atomic E-state index is 12.3. The normalized spacial score (nSPS) is 11.3. The number of benzene rings is 2. The van der Waals surface area contributed by atoms with Crippen LogP contribution >= 0.6 is 0 Å². The Morgan fingerprint density at radius 1 is 0.950 bits per heavy atom. The van der Waals surface area contributed by atoms with Crippen molar-refractivity contribution in [3.8, 4) is 11.5 Å². The summed E-state index contributed by atoms with van der Waals surface area (Å²) in [5.41, 5.74) is 2.26. The number of Topliss-reactive ketones (excluding diaryl/α,β-unsaturated/α-hetero) is 1. The Kier molecular flexibility index (Phi) is 4.20. The minimum absolute atomic E-state index is 0.00359. The summed E-state index contributed by atoms with van der Waals surface area (Å²) in [4.78, 5) is 12.3. The van der Waals surface area contributed by atoms with Gasteiger partial charge in [-0.1, -0.05) is 30.3 Å². The molecule has 3 heteroatoms. The predicted octanol–water partition coefficient (Wildman–Crippen LogP) is 3.31. The molecule has 2 aromatic rings. The molecule has 0 aliphatic carbocycles. The molecule has 0 aromatic heterocycles. The van der Waals surface area contributed by atoms with Crippen LogP contribution in [0.4, 0.5) is 0 Å². The zero-order chi connectivity index (χ0) is 14.5. The first kappa shape index (κ1) is 13.9. The molecule has 0 amide bonds. The quantitative estimate of drug-likeness (QED) is 0.836. The van der Waals surface area contributed by atoms with E-state index < -0.39 is 0 Å². The molecule has 3 nitrogen and oxygen atoms in total. The molecule has 0 radical (unpaired) electrons. The zero-order valence-electron chi connectivity index (χ0n) is 11.2. The lowest BCUT2D eigenvalue weighted by molar-refractivity contribution is -0.113. The smallest absolute Gasteiger partial charge is 0.167 e. The standard InChI is InChI=1S/C17H16O3/c1-2-16(13-5-9-15(19)10-6-13)17(20)11-12-3-7-14(18)8-4-12/h2-10,18-19H,11H2,1H3. The van der Waals surface area contributed by atoms with E-state index in [4.69, 9.17) is 0 Å². The molecule has 0 spiro atoms. The molecule has 2 N–H and O–H groups in total. The second-order valence-corrected chi connectivity index (χ2v) is 4.52. The maximum Gasteiger partial charge on any atom is 0.167 e. The van der Waals surface area contributed by atoms with Crippen molar-refractivity contribution in [2.24, 2.45) is 0 Å². The number of rotatable bonds is 4. The average Bonchev–Trinajstić information content (AvgIpc) is 2.44. The number of phenols is 2. The van der Waals surface area contributed by atoms with Crippen molar-refractivity contribution in [1.82, 2.24) is 0 Å². The molecule has 102 valence electrons.